The minimum Gasteiger partial charge on any atom is -0.490 e. The fourth-order valence-electron chi connectivity index (χ4n) is 2.76. The number of amides is 1. The second kappa shape index (κ2) is 13.3. The number of hydrogen-bond donors (Lipinski definition) is 1. The predicted octanol–water partition coefficient (Wildman–Crippen LogP) is 6.71. The number of rotatable bonds is 11. The minimum atomic E-state index is -0.146. The molecule has 0 spiro atoms. The summed E-state index contributed by atoms with van der Waals surface area (Å²) in [5, 5.41) is 4.76. The van der Waals surface area contributed by atoms with Crippen LogP contribution in [0, 0.1) is 0 Å². The van der Waals surface area contributed by atoms with Crippen molar-refractivity contribution in [2.75, 3.05) is 12.4 Å². The number of nitrogens with zero attached hydrogens (tertiary/aromatic N) is 1. The number of ether oxygens (including phenoxy) is 2. The standard InChI is InChI=1S/C25H24BrClN2O3S/c1-2-31-24-15-19(5-12-23(24)32-17-18-3-6-20(26)7-4-18)16-28-29-25(30)13-14-33-22-10-8-21(27)9-11-22/h3-12,15-16H,2,13-14,17H2,1H3,(H,29,30)/b28-16+. The molecule has 0 saturated carbocycles. The van der Waals surface area contributed by atoms with Crippen LogP contribution in [-0.2, 0) is 11.4 Å². The molecule has 3 aromatic rings. The van der Waals surface area contributed by atoms with Crippen molar-refractivity contribution in [1.29, 1.82) is 0 Å². The number of thioether (sulfide) groups is 1. The highest BCUT2D eigenvalue weighted by Gasteiger charge is 2.07. The quantitative estimate of drug-likeness (QED) is 0.165. The zero-order valence-corrected chi connectivity index (χ0v) is 21.3. The van der Waals surface area contributed by atoms with Crippen molar-refractivity contribution < 1.29 is 14.3 Å². The van der Waals surface area contributed by atoms with Gasteiger partial charge in [-0.15, -0.1) is 11.8 Å². The SMILES string of the molecule is CCOc1cc(/C=N/NC(=O)CCSc2ccc(Cl)cc2)ccc1OCc1ccc(Br)cc1. The van der Waals surface area contributed by atoms with Crippen LogP contribution in [0.3, 0.4) is 0 Å². The Morgan fingerprint density at radius 1 is 1.06 bits per heavy atom. The van der Waals surface area contributed by atoms with Crippen LogP contribution in [0.2, 0.25) is 5.02 Å². The summed E-state index contributed by atoms with van der Waals surface area (Å²) in [7, 11) is 0. The molecule has 0 aromatic heterocycles. The highest BCUT2D eigenvalue weighted by atomic mass is 79.9. The molecule has 0 aliphatic heterocycles. The lowest BCUT2D eigenvalue weighted by molar-refractivity contribution is -0.120. The van der Waals surface area contributed by atoms with Crippen molar-refractivity contribution in [3.8, 4) is 11.5 Å². The van der Waals surface area contributed by atoms with Gasteiger partial charge < -0.3 is 9.47 Å². The molecule has 33 heavy (non-hydrogen) atoms. The lowest BCUT2D eigenvalue weighted by Crippen LogP contribution is -2.17. The maximum atomic E-state index is 12.0. The van der Waals surface area contributed by atoms with Gasteiger partial charge in [-0.05, 0) is 72.6 Å². The Kier molecular flexibility index (Phi) is 10.1. The van der Waals surface area contributed by atoms with Crippen molar-refractivity contribution >= 4 is 51.4 Å². The van der Waals surface area contributed by atoms with E-state index in [4.69, 9.17) is 21.1 Å². The molecule has 0 aliphatic carbocycles. The molecular formula is C25H24BrClN2O3S. The predicted molar refractivity (Wildman–Crippen MR) is 139 cm³/mol. The molecule has 8 heteroatoms. The minimum absolute atomic E-state index is 0.146. The first-order valence-corrected chi connectivity index (χ1v) is 12.5. The molecule has 0 atom stereocenters. The van der Waals surface area contributed by atoms with Crippen LogP contribution >= 0.6 is 39.3 Å². The molecule has 3 rings (SSSR count). The smallest absolute Gasteiger partial charge is 0.240 e. The zero-order chi connectivity index (χ0) is 23.5. The fraction of sp³-hybridized carbons (Fsp3) is 0.200. The lowest BCUT2D eigenvalue weighted by Gasteiger charge is -2.12. The molecule has 0 unspecified atom stereocenters. The second-order valence-corrected chi connectivity index (χ2v) is 9.42. The average Bonchev–Trinajstić information content (AvgIpc) is 2.81. The van der Waals surface area contributed by atoms with Crippen LogP contribution in [0.25, 0.3) is 0 Å². The summed E-state index contributed by atoms with van der Waals surface area (Å²) in [4.78, 5) is 13.1. The summed E-state index contributed by atoms with van der Waals surface area (Å²) in [6, 6.07) is 21.1. The highest BCUT2D eigenvalue weighted by molar-refractivity contribution is 9.10. The van der Waals surface area contributed by atoms with E-state index in [2.05, 4.69) is 26.5 Å². The van der Waals surface area contributed by atoms with Gasteiger partial charge in [-0.2, -0.15) is 5.10 Å². The number of hydrazone groups is 1. The average molecular weight is 548 g/mol. The van der Waals surface area contributed by atoms with Crippen LogP contribution < -0.4 is 14.9 Å². The first-order valence-electron chi connectivity index (χ1n) is 10.4. The number of halogens is 2. The summed E-state index contributed by atoms with van der Waals surface area (Å²) >= 11 is 10.9. The van der Waals surface area contributed by atoms with Gasteiger partial charge >= 0.3 is 0 Å². The van der Waals surface area contributed by atoms with Gasteiger partial charge in [-0.3, -0.25) is 4.79 Å². The molecule has 5 nitrogen and oxygen atoms in total. The number of hydrogen-bond acceptors (Lipinski definition) is 5. The van der Waals surface area contributed by atoms with Crippen LogP contribution in [-0.4, -0.2) is 24.5 Å². The Morgan fingerprint density at radius 2 is 1.82 bits per heavy atom. The van der Waals surface area contributed by atoms with E-state index in [-0.39, 0.29) is 5.91 Å². The monoisotopic (exact) mass is 546 g/mol. The molecule has 0 bridgehead atoms. The third-order valence-corrected chi connectivity index (χ3v) is 6.18. The first kappa shape index (κ1) is 25.1. The Balaban J connectivity index is 1.49. The lowest BCUT2D eigenvalue weighted by atomic mass is 10.2. The van der Waals surface area contributed by atoms with Crippen LogP contribution in [0.15, 0.2) is 81.2 Å². The van der Waals surface area contributed by atoms with Gasteiger partial charge in [-0.1, -0.05) is 39.7 Å². The number of carbonyl (C=O) groups excluding carboxylic acids is 1. The molecule has 3 aromatic carbocycles. The van der Waals surface area contributed by atoms with Gasteiger partial charge in [0.25, 0.3) is 0 Å². The first-order chi connectivity index (χ1) is 16.0. The molecule has 0 aliphatic rings. The number of benzene rings is 3. The highest BCUT2D eigenvalue weighted by Crippen LogP contribution is 2.29. The summed E-state index contributed by atoms with van der Waals surface area (Å²) in [6.07, 6.45) is 1.95. The van der Waals surface area contributed by atoms with E-state index in [1.807, 2.05) is 73.7 Å². The topological polar surface area (TPSA) is 59.9 Å². The molecule has 1 amide bonds. The zero-order valence-electron chi connectivity index (χ0n) is 18.1. The molecule has 0 heterocycles. The number of nitrogens with one attached hydrogen (secondary N) is 1. The van der Waals surface area contributed by atoms with E-state index in [9.17, 15) is 4.79 Å². The van der Waals surface area contributed by atoms with Crippen LogP contribution in [0.4, 0.5) is 0 Å². The molecule has 172 valence electrons. The third kappa shape index (κ3) is 8.76. The van der Waals surface area contributed by atoms with Crippen molar-refractivity contribution in [2.45, 2.75) is 24.8 Å². The Bertz CT molecular complexity index is 1080. The van der Waals surface area contributed by atoms with Gasteiger partial charge in [0.2, 0.25) is 5.91 Å². The third-order valence-electron chi connectivity index (χ3n) is 4.39. The summed E-state index contributed by atoms with van der Waals surface area (Å²) in [5.74, 6) is 1.79. The largest absolute Gasteiger partial charge is 0.490 e. The van der Waals surface area contributed by atoms with Crippen molar-refractivity contribution in [3.05, 3.63) is 87.4 Å². The van der Waals surface area contributed by atoms with Crippen LogP contribution in [0.5, 0.6) is 11.5 Å². The van der Waals surface area contributed by atoms with Crippen molar-refractivity contribution in [1.82, 2.24) is 5.43 Å². The summed E-state index contributed by atoms with van der Waals surface area (Å²) in [5.41, 5.74) is 4.42. The van der Waals surface area contributed by atoms with Gasteiger partial charge in [0.05, 0.1) is 12.8 Å². The Morgan fingerprint density at radius 3 is 2.55 bits per heavy atom. The molecule has 0 saturated heterocycles. The van der Waals surface area contributed by atoms with E-state index >= 15 is 0 Å². The van der Waals surface area contributed by atoms with Gasteiger partial charge in [0.15, 0.2) is 11.5 Å². The Labute approximate surface area is 211 Å². The van der Waals surface area contributed by atoms with Crippen LogP contribution in [0.1, 0.15) is 24.5 Å². The number of carbonyl (C=O) groups is 1. The second-order valence-electron chi connectivity index (χ2n) is 6.90. The summed E-state index contributed by atoms with van der Waals surface area (Å²) < 4.78 is 12.7. The van der Waals surface area contributed by atoms with E-state index in [0.29, 0.717) is 41.9 Å². The summed E-state index contributed by atoms with van der Waals surface area (Å²) in [6.45, 7) is 2.86. The van der Waals surface area contributed by atoms with E-state index in [0.717, 1.165) is 20.5 Å². The van der Waals surface area contributed by atoms with Gasteiger partial charge in [-0.25, -0.2) is 5.43 Å². The maximum Gasteiger partial charge on any atom is 0.240 e. The molecule has 1 N–H and O–H groups in total. The molecule has 0 radical (unpaired) electrons. The van der Waals surface area contributed by atoms with E-state index < -0.39 is 0 Å². The van der Waals surface area contributed by atoms with E-state index in [1.165, 1.54) is 0 Å². The van der Waals surface area contributed by atoms with Gasteiger partial charge in [0, 0.05) is 26.6 Å². The maximum absolute atomic E-state index is 12.0. The fourth-order valence-corrected chi connectivity index (χ4v) is 4.00. The van der Waals surface area contributed by atoms with Crippen molar-refractivity contribution in [2.24, 2.45) is 5.10 Å². The van der Waals surface area contributed by atoms with E-state index in [1.54, 1.807) is 18.0 Å². The molecule has 0 fully saturated rings. The normalized spacial score (nSPS) is 10.9. The Hall–Kier alpha value is -2.48. The van der Waals surface area contributed by atoms with Gasteiger partial charge in [0.1, 0.15) is 6.61 Å². The molecular weight excluding hydrogens is 524 g/mol. The van der Waals surface area contributed by atoms with Crippen molar-refractivity contribution in [3.63, 3.8) is 0 Å².